The molecule has 6 rings (SSSR count). The van der Waals surface area contributed by atoms with Crippen molar-refractivity contribution in [1.29, 1.82) is 0 Å². The predicted octanol–water partition coefficient (Wildman–Crippen LogP) is 6.93. The second kappa shape index (κ2) is 14.1. The fraction of sp³-hybridized carbons (Fsp3) is 0.353. The Hall–Kier alpha value is -4.06. The average molecular weight is 657 g/mol. The van der Waals surface area contributed by atoms with Gasteiger partial charge in [-0.25, -0.2) is 0 Å². The van der Waals surface area contributed by atoms with E-state index in [1.165, 1.54) is 6.07 Å². The number of pyridine rings is 1. The van der Waals surface area contributed by atoms with Gasteiger partial charge in [0.2, 0.25) is 5.75 Å². The van der Waals surface area contributed by atoms with Gasteiger partial charge in [-0.15, -0.1) is 0 Å². The molecule has 242 valence electrons. The van der Waals surface area contributed by atoms with Crippen LogP contribution >= 0.6 is 11.6 Å². The minimum atomic E-state index is -4.59. The van der Waals surface area contributed by atoms with E-state index >= 15 is 0 Å². The highest BCUT2D eigenvalue weighted by atomic mass is 35.5. The molecule has 0 N–H and O–H groups in total. The summed E-state index contributed by atoms with van der Waals surface area (Å²) in [6.45, 7) is 5.56. The van der Waals surface area contributed by atoms with Gasteiger partial charge in [0.1, 0.15) is 30.5 Å². The Morgan fingerprint density at radius 3 is 2.37 bits per heavy atom. The molecule has 1 fully saturated rings. The molecule has 0 aliphatic carbocycles. The van der Waals surface area contributed by atoms with Crippen molar-refractivity contribution in [2.24, 2.45) is 0 Å². The van der Waals surface area contributed by atoms with E-state index in [1.54, 1.807) is 36.5 Å². The van der Waals surface area contributed by atoms with Crippen LogP contribution in [0.3, 0.4) is 0 Å². The molecule has 3 aromatic carbocycles. The number of aromatic nitrogens is 1. The van der Waals surface area contributed by atoms with Crippen molar-refractivity contribution in [3.63, 3.8) is 0 Å². The third kappa shape index (κ3) is 7.66. The molecule has 1 saturated heterocycles. The van der Waals surface area contributed by atoms with E-state index in [-0.39, 0.29) is 24.2 Å². The fourth-order valence-electron chi connectivity index (χ4n) is 5.48. The van der Waals surface area contributed by atoms with E-state index in [4.69, 9.17) is 35.3 Å². The summed E-state index contributed by atoms with van der Waals surface area (Å²) in [6, 6.07) is 14.0. The number of ketones is 1. The molecule has 2 aliphatic heterocycles. The van der Waals surface area contributed by atoms with E-state index in [0.717, 1.165) is 51.4 Å². The highest BCUT2D eigenvalue weighted by Crippen LogP contribution is 2.48. The van der Waals surface area contributed by atoms with Crippen molar-refractivity contribution < 1.29 is 41.7 Å². The summed E-state index contributed by atoms with van der Waals surface area (Å²) in [6.07, 6.45) is -2.19. The van der Waals surface area contributed by atoms with Crippen LogP contribution in [0.2, 0.25) is 5.02 Å². The maximum Gasteiger partial charge on any atom is 0.417 e. The predicted molar refractivity (Wildman–Crippen MR) is 165 cm³/mol. The van der Waals surface area contributed by atoms with Crippen LogP contribution in [0, 0.1) is 0 Å². The van der Waals surface area contributed by atoms with E-state index in [0.29, 0.717) is 65.0 Å². The quantitative estimate of drug-likeness (QED) is 0.161. The molecule has 0 spiro atoms. The Morgan fingerprint density at radius 2 is 1.61 bits per heavy atom. The van der Waals surface area contributed by atoms with Gasteiger partial charge >= 0.3 is 6.18 Å². The summed E-state index contributed by atoms with van der Waals surface area (Å²) in [7, 11) is 0. The normalized spacial score (nSPS) is 15.1. The van der Waals surface area contributed by atoms with Crippen LogP contribution in [0.5, 0.6) is 28.7 Å². The number of morpholine rings is 1. The molecule has 3 heterocycles. The van der Waals surface area contributed by atoms with Gasteiger partial charge in [-0.05, 0) is 47.9 Å². The molecule has 0 saturated carbocycles. The van der Waals surface area contributed by atoms with Crippen molar-refractivity contribution in [1.82, 2.24) is 9.88 Å². The van der Waals surface area contributed by atoms with Gasteiger partial charge in [0.25, 0.3) is 0 Å². The third-order valence-corrected chi connectivity index (χ3v) is 8.04. The molecule has 0 radical (unpaired) electrons. The average Bonchev–Trinajstić information content (AvgIpc) is 3.05. The SMILES string of the molecule is O=C(Cc1ccc(Oc2ccnc3cc(OCCCN4CCOCC4)c4c(c23)OCCO4)cc1)Cc1ccc(Cl)c(C(F)(F)F)c1. The van der Waals surface area contributed by atoms with Crippen LogP contribution in [-0.2, 0) is 28.5 Å². The second-order valence-corrected chi connectivity index (χ2v) is 11.4. The number of carbonyl (C=O) groups is 1. The zero-order valence-electron chi connectivity index (χ0n) is 24.9. The zero-order chi connectivity index (χ0) is 32.1. The van der Waals surface area contributed by atoms with Crippen LogP contribution in [0.4, 0.5) is 13.2 Å². The van der Waals surface area contributed by atoms with Crippen molar-refractivity contribution in [3.8, 4) is 28.7 Å². The van der Waals surface area contributed by atoms with Gasteiger partial charge < -0.3 is 23.7 Å². The molecule has 4 aromatic rings. The Kier molecular flexibility index (Phi) is 9.81. The second-order valence-electron chi connectivity index (χ2n) is 11.0. The molecule has 2 aliphatic rings. The molecular formula is C34H32ClF3N2O6. The fourth-order valence-corrected chi connectivity index (χ4v) is 5.71. The molecule has 0 amide bonds. The van der Waals surface area contributed by atoms with Crippen LogP contribution < -0.4 is 18.9 Å². The highest BCUT2D eigenvalue weighted by molar-refractivity contribution is 6.31. The van der Waals surface area contributed by atoms with Crippen LogP contribution in [0.15, 0.2) is 60.8 Å². The third-order valence-electron chi connectivity index (χ3n) is 7.71. The Balaban J connectivity index is 1.12. The highest BCUT2D eigenvalue weighted by Gasteiger charge is 2.33. The zero-order valence-corrected chi connectivity index (χ0v) is 25.7. The summed E-state index contributed by atoms with van der Waals surface area (Å²) >= 11 is 5.70. The molecule has 0 bridgehead atoms. The number of ether oxygens (including phenoxy) is 5. The first-order valence-corrected chi connectivity index (χ1v) is 15.4. The van der Waals surface area contributed by atoms with Gasteiger partial charge in [-0.2, -0.15) is 13.2 Å². The van der Waals surface area contributed by atoms with Crippen LogP contribution in [0.1, 0.15) is 23.1 Å². The minimum absolute atomic E-state index is 0.0519. The van der Waals surface area contributed by atoms with Crippen molar-refractivity contribution in [2.45, 2.75) is 25.4 Å². The summed E-state index contributed by atoms with van der Waals surface area (Å²) in [5, 5.41) is 0.253. The first-order chi connectivity index (χ1) is 22.2. The lowest BCUT2D eigenvalue weighted by atomic mass is 10.0. The number of hydrogen-bond acceptors (Lipinski definition) is 8. The largest absolute Gasteiger partial charge is 0.489 e. The Labute approximate surface area is 268 Å². The maximum atomic E-state index is 13.2. The number of alkyl halides is 3. The molecule has 46 heavy (non-hydrogen) atoms. The molecule has 8 nitrogen and oxygen atoms in total. The van der Waals surface area contributed by atoms with Crippen LogP contribution in [-0.4, -0.2) is 68.3 Å². The summed E-state index contributed by atoms with van der Waals surface area (Å²) < 4.78 is 69.4. The van der Waals surface area contributed by atoms with Gasteiger partial charge in [-0.1, -0.05) is 29.8 Å². The van der Waals surface area contributed by atoms with Gasteiger partial charge in [-0.3, -0.25) is 14.7 Å². The van der Waals surface area contributed by atoms with Crippen molar-refractivity contribution in [3.05, 3.63) is 82.5 Å². The standard InChI is InChI=1S/C34H32ClF3N2O6/c35-27-7-4-23(20-26(27)34(36,37)38)19-24(41)18-22-2-5-25(6-3-22)46-29-8-9-39-28-21-30(32-33(31(28)29)45-17-16-44-32)43-13-1-10-40-11-14-42-15-12-40/h2-9,20-21H,1,10-19H2. The number of benzene rings is 3. The Bertz CT molecular complexity index is 1690. The molecule has 0 unspecified atom stereocenters. The van der Waals surface area contributed by atoms with E-state index in [9.17, 15) is 18.0 Å². The number of Topliss-reactive ketones (excluding diaryl/α,β-unsaturated/α-hetero) is 1. The number of halogens is 4. The summed E-state index contributed by atoms with van der Waals surface area (Å²) in [4.78, 5) is 19.6. The smallest absolute Gasteiger partial charge is 0.417 e. The van der Waals surface area contributed by atoms with E-state index < -0.39 is 16.8 Å². The number of fused-ring (bicyclic) bond motifs is 3. The van der Waals surface area contributed by atoms with Crippen molar-refractivity contribution in [2.75, 3.05) is 52.7 Å². The maximum absolute atomic E-state index is 13.2. The number of carbonyl (C=O) groups excluding carboxylic acids is 1. The first kappa shape index (κ1) is 31.9. The minimum Gasteiger partial charge on any atom is -0.489 e. The monoisotopic (exact) mass is 656 g/mol. The lowest BCUT2D eigenvalue weighted by molar-refractivity contribution is -0.137. The molecular weight excluding hydrogens is 625 g/mol. The number of hydrogen-bond donors (Lipinski definition) is 0. The topological polar surface area (TPSA) is 79.4 Å². The molecule has 1 aromatic heterocycles. The number of rotatable bonds is 11. The molecule has 0 atom stereocenters. The number of nitrogens with zero attached hydrogens (tertiary/aromatic N) is 2. The lowest BCUT2D eigenvalue weighted by Gasteiger charge is -2.26. The molecule has 12 heteroatoms. The van der Waals surface area contributed by atoms with Crippen LogP contribution in [0.25, 0.3) is 10.9 Å². The van der Waals surface area contributed by atoms with Gasteiger partial charge in [0, 0.05) is 44.7 Å². The van der Waals surface area contributed by atoms with E-state index in [1.807, 2.05) is 6.07 Å². The Morgan fingerprint density at radius 1 is 0.891 bits per heavy atom. The van der Waals surface area contributed by atoms with Gasteiger partial charge in [0.15, 0.2) is 11.5 Å². The summed E-state index contributed by atoms with van der Waals surface area (Å²) in [5.74, 6) is 2.39. The first-order valence-electron chi connectivity index (χ1n) is 15.0. The summed E-state index contributed by atoms with van der Waals surface area (Å²) in [5.41, 5.74) is 0.628. The van der Waals surface area contributed by atoms with Crippen molar-refractivity contribution >= 4 is 28.3 Å². The lowest BCUT2D eigenvalue weighted by Crippen LogP contribution is -2.37. The van der Waals surface area contributed by atoms with E-state index in [2.05, 4.69) is 9.88 Å². The van der Waals surface area contributed by atoms with Gasteiger partial charge in [0.05, 0.1) is 41.3 Å².